The Hall–Kier alpha value is -0.390. The second-order valence-corrected chi connectivity index (χ2v) is 5.77. The van der Waals surface area contributed by atoms with E-state index in [2.05, 4.69) is 37.2 Å². The number of rotatable bonds is 6. The third kappa shape index (κ3) is 4.71. The van der Waals surface area contributed by atoms with E-state index in [1.807, 2.05) is 25.1 Å². The minimum absolute atomic E-state index is 0.0280. The smallest absolute Gasteiger partial charge is 0.251 e. The molecule has 0 aliphatic carbocycles. The van der Waals surface area contributed by atoms with Crippen LogP contribution in [0.25, 0.3) is 0 Å². The van der Waals surface area contributed by atoms with Gasteiger partial charge in [0.05, 0.1) is 12.6 Å². The standard InChI is InChI=1S/C13H17Br2NO2/c1-9-3-4-10(15)7-12(9)13(17)16-11(5-6-14)8-18-2/h3-4,7,11H,5-6,8H2,1-2H3,(H,16,17). The normalized spacial score (nSPS) is 12.2. The van der Waals surface area contributed by atoms with Gasteiger partial charge in [0, 0.05) is 22.5 Å². The van der Waals surface area contributed by atoms with Crippen molar-refractivity contribution >= 4 is 37.8 Å². The SMILES string of the molecule is COCC(CCBr)NC(=O)c1cc(Br)ccc1C. The van der Waals surface area contributed by atoms with E-state index in [-0.39, 0.29) is 11.9 Å². The number of benzene rings is 1. The second kappa shape index (κ2) is 7.92. The quantitative estimate of drug-likeness (QED) is 0.771. The first-order valence-corrected chi connectivity index (χ1v) is 7.61. The van der Waals surface area contributed by atoms with E-state index in [1.165, 1.54) is 0 Å². The summed E-state index contributed by atoms with van der Waals surface area (Å²) in [7, 11) is 1.64. The molecule has 0 aromatic heterocycles. The highest BCUT2D eigenvalue weighted by Crippen LogP contribution is 2.16. The molecule has 0 aliphatic rings. The molecule has 1 amide bonds. The van der Waals surface area contributed by atoms with Gasteiger partial charge < -0.3 is 10.1 Å². The van der Waals surface area contributed by atoms with E-state index >= 15 is 0 Å². The summed E-state index contributed by atoms with van der Waals surface area (Å²) in [5.74, 6) is -0.0585. The average Bonchev–Trinajstić information content (AvgIpc) is 2.33. The highest BCUT2D eigenvalue weighted by Gasteiger charge is 2.15. The fourth-order valence-corrected chi connectivity index (χ4v) is 2.55. The topological polar surface area (TPSA) is 38.3 Å². The molecule has 18 heavy (non-hydrogen) atoms. The molecule has 0 heterocycles. The van der Waals surface area contributed by atoms with Gasteiger partial charge in [-0.25, -0.2) is 0 Å². The van der Waals surface area contributed by atoms with E-state index < -0.39 is 0 Å². The number of halogens is 2. The van der Waals surface area contributed by atoms with Crippen LogP contribution in [0.5, 0.6) is 0 Å². The molecule has 0 saturated carbocycles. The summed E-state index contributed by atoms with van der Waals surface area (Å²) in [5.41, 5.74) is 1.66. The molecule has 1 rings (SSSR count). The van der Waals surface area contributed by atoms with Gasteiger partial charge in [-0.2, -0.15) is 0 Å². The number of alkyl halides is 1. The van der Waals surface area contributed by atoms with Crippen LogP contribution >= 0.6 is 31.9 Å². The lowest BCUT2D eigenvalue weighted by atomic mass is 10.1. The van der Waals surface area contributed by atoms with Crippen LogP contribution < -0.4 is 5.32 Å². The van der Waals surface area contributed by atoms with E-state index in [0.717, 1.165) is 21.8 Å². The first-order chi connectivity index (χ1) is 8.58. The van der Waals surface area contributed by atoms with E-state index in [0.29, 0.717) is 12.2 Å². The molecule has 0 fully saturated rings. The molecule has 0 aliphatic heterocycles. The van der Waals surface area contributed by atoms with Gasteiger partial charge in [-0.15, -0.1) is 0 Å². The van der Waals surface area contributed by atoms with Gasteiger partial charge in [0.1, 0.15) is 0 Å². The lowest BCUT2D eigenvalue weighted by Crippen LogP contribution is -2.38. The van der Waals surface area contributed by atoms with Crippen molar-refractivity contribution in [3.8, 4) is 0 Å². The Kier molecular flexibility index (Phi) is 6.89. The molecule has 0 bridgehead atoms. The highest BCUT2D eigenvalue weighted by molar-refractivity contribution is 9.10. The van der Waals surface area contributed by atoms with Crippen LogP contribution in [0.1, 0.15) is 22.3 Å². The Morgan fingerprint density at radius 1 is 1.50 bits per heavy atom. The van der Waals surface area contributed by atoms with E-state index in [9.17, 15) is 4.79 Å². The summed E-state index contributed by atoms with van der Waals surface area (Å²) >= 11 is 6.76. The molecule has 1 atom stereocenters. The van der Waals surface area contributed by atoms with Crippen LogP contribution in [0.4, 0.5) is 0 Å². The number of carbonyl (C=O) groups is 1. The molecule has 1 aromatic rings. The molecule has 100 valence electrons. The molecule has 1 unspecified atom stereocenters. The van der Waals surface area contributed by atoms with Crippen molar-refractivity contribution in [3.63, 3.8) is 0 Å². The molecular weight excluding hydrogens is 362 g/mol. The maximum absolute atomic E-state index is 12.2. The zero-order valence-corrected chi connectivity index (χ0v) is 13.7. The van der Waals surface area contributed by atoms with E-state index in [4.69, 9.17) is 4.74 Å². The summed E-state index contributed by atoms with van der Waals surface area (Å²) < 4.78 is 6.01. The van der Waals surface area contributed by atoms with Gasteiger partial charge in [-0.3, -0.25) is 4.79 Å². The third-order valence-corrected chi connectivity index (χ3v) is 3.56. The van der Waals surface area contributed by atoms with Crippen molar-refractivity contribution < 1.29 is 9.53 Å². The Balaban J connectivity index is 2.76. The summed E-state index contributed by atoms with van der Waals surface area (Å²) in [4.78, 5) is 12.2. The number of carbonyl (C=O) groups excluding carboxylic acids is 1. The maximum Gasteiger partial charge on any atom is 0.251 e. The van der Waals surface area contributed by atoms with Crippen molar-refractivity contribution in [2.45, 2.75) is 19.4 Å². The lowest BCUT2D eigenvalue weighted by molar-refractivity contribution is 0.0895. The van der Waals surface area contributed by atoms with Gasteiger partial charge in [-0.05, 0) is 31.0 Å². The Morgan fingerprint density at radius 3 is 2.83 bits per heavy atom. The Labute approximate surface area is 125 Å². The number of nitrogens with one attached hydrogen (secondary N) is 1. The Bertz CT molecular complexity index is 404. The van der Waals surface area contributed by atoms with Crippen molar-refractivity contribution in [1.29, 1.82) is 0 Å². The fraction of sp³-hybridized carbons (Fsp3) is 0.462. The first kappa shape index (κ1) is 15.7. The van der Waals surface area contributed by atoms with Gasteiger partial charge in [0.25, 0.3) is 5.91 Å². The minimum atomic E-state index is -0.0585. The largest absolute Gasteiger partial charge is 0.383 e. The van der Waals surface area contributed by atoms with Crippen LogP contribution in [0.15, 0.2) is 22.7 Å². The van der Waals surface area contributed by atoms with Crippen molar-refractivity contribution in [2.75, 3.05) is 19.0 Å². The number of hydrogen-bond donors (Lipinski definition) is 1. The van der Waals surface area contributed by atoms with Crippen LogP contribution in [0.3, 0.4) is 0 Å². The summed E-state index contributed by atoms with van der Waals surface area (Å²) in [6.45, 7) is 2.45. The third-order valence-electron chi connectivity index (χ3n) is 2.60. The summed E-state index contributed by atoms with van der Waals surface area (Å²) in [5, 5.41) is 3.82. The predicted octanol–water partition coefficient (Wildman–Crippen LogP) is 3.29. The first-order valence-electron chi connectivity index (χ1n) is 5.70. The number of methoxy groups -OCH3 is 1. The van der Waals surface area contributed by atoms with Crippen molar-refractivity contribution in [3.05, 3.63) is 33.8 Å². The van der Waals surface area contributed by atoms with Gasteiger partial charge in [0.15, 0.2) is 0 Å². The van der Waals surface area contributed by atoms with Gasteiger partial charge in [0.2, 0.25) is 0 Å². The molecule has 0 radical (unpaired) electrons. The number of amides is 1. The van der Waals surface area contributed by atoms with Crippen LogP contribution in [0, 0.1) is 6.92 Å². The molecule has 0 spiro atoms. The zero-order valence-electron chi connectivity index (χ0n) is 10.5. The zero-order chi connectivity index (χ0) is 13.5. The minimum Gasteiger partial charge on any atom is -0.383 e. The van der Waals surface area contributed by atoms with Crippen LogP contribution in [-0.4, -0.2) is 31.0 Å². The van der Waals surface area contributed by atoms with E-state index in [1.54, 1.807) is 7.11 Å². The summed E-state index contributed by atoms with van der Waals surface area (Å²) in [6, 6.07) is 5.72. The predicted molar refractivity (Wildman–Crippen MR) is 80.4 cm³/mol. The molecule has 1 aromatic carbocycles. The van der Waals surface area contributed by atoms with Crippen LogP contribution in [0.2, 0.25) is 0 Å². The number of ether oxygens (including phenoxy) is 1. The average molecular weight is 379 g/mol. The maximum atomic E-state index is 12.2. The summed E-state index contributed by atoms with van der Waals surface area (Å²) in [6.07, 6.45) is 0.840. The molecule has 5 heteroatoms. The lowest BCUT2D eigenvalue weighted by Gasteiger charge is -2.17. The van der Waals surface area contributed by atoms with Crippen LogP contribution in [-0.2, 0) is 4.74 Å². The van der Waals surface area contributed by atoms with Gasteiger partial charge in [-0.1, -0.05) is 37.9 Å². The number of aryl methyl sites for hydroxylation is 1. The second-order valence-electron chi connectivity index (χ2n) is 4.06. The van der Waals surface area contributed by atoms with Crippen molar-refractivity contribution in [2.24, 2.45) is 0 Å². The fourth-order valence-electron chi connectivity index (χ4n) is 1.63. The number of hydrogen-bond acceptors (Lipinski definition) is 2. The molecule has 1 N–H and O–H groups in total. The Morgan fingerprint density at radius 2 is 2.22 bits per heavy atom. The van der Waals surface area contributed by atoms with Gasteiger partial charge >= 0.3 is 0 Å². The monoisotopic (exact) mass is 377 g/mol. The molecule has 0 saturated heterocycles. The highest BCUT2D eigenvalue weighted by atomic mass is 79.9. The molecule has 3 nitrogen and oxygen atoms in total. The van der Waals surface area contributed by atoms with Crippen molar-refractivity contribution in [1.82, 2.24) is 5.32 Å². The molecular formula is C13H17Br2NO2.